The third-order valence-electron chi connectivity index (χ3n) is 6.99. The molecule has 1 heterocycles. The highest BCUT2D eigenvalue weighted by atomic mass is 16.5. The van der Waals surface area contributed by atoms with Gasteiger partial charge in [-0.3, -0.25) is 4.79 Å². The maximum absolute atomic E-state index is 13.6. The predicted molar refractivity (Wildman–Crippen MR) is 142 cm³/mol. The summed E-state index contributed by atoms with van der Waals surface area (Å²) >= 11 is 0. The van der Waals surface area contributed by atoms with Crippen LogP contribution < -0.4 is 4.74 Å². The van der Waals surface area contributed by atoms with Crippen molar-refractivity contribution in [2.75, 3.05) is 13.1 Å². The van der Waals surface area contributed by atoms with Gasteiger partial charge in [0.25, 0.3) is 5.91 Å². The minimum Gasteiger partial charge on any atom is -0.507 e. The Labute approximate surface area is 215 Å². The van der Waals surface area contributed by atoms with Gasteiger partial charge in [-0.25, -0.2) is 4.79 Å². The van der Waals surface area contributed by atoms with E-state index in [-0.39, 0.29) is 28.4 Å². The SMILES string of the molecule is CC(C)(Oc1ccccc1C1CCN(C(=O)c2cc(C(C)(C)C)c(O)c(C(C)(C)C)c2)CC1)C(=O)O. The van der Waals surface area contributed by atoms with Crippen molar-refractivity contribution in [3.63, 3.8) is 0 Å². The van der Waals surface area contributed by atoms with Crippen LogP contribution in [0, 0.1) is 0 Å². The standard InChI is InChI=1S/C30H41NO5/c1-28(2,3)22-17-20(18-23(25(22)32)29(4,5)6)26(33)31-15-13-19(14-16-31)21-11-9-10-12-24(21)36-30(7,8)27(34)35/h9-12,17-19,32H,13-16H2,1-8H3,(H,34,35). The fourth-order valence-electron chi connectivity index (χ4n) is 4.71. The predicted octanol–water partition coefficient (Wildman–Crippen LogP) is 6.25. The van der Waals surface area contributed by atoms with E-state index in [9.17, 15) is 19.8 Å². The van der Waals surface area contributed by atoms with Gasteiger partial charge >= 0.3 is 5.97 Å². The second-order valence-electron chi connectivity index (χ2n) is 12.4. The smallest absolute Gasteiger partial charge is 0.347 e. The number of carboxylic acids is 1. The van der Waals surface area contributed by atoms with Crippen molar-refractivity contribution in [2.24, 2.45) is 0 Å². The normalized spacial score (nSPS) is 15.6. The number of carbonyl (C=O) groups is 2. The quantitative estimate of drug-likeness (QED) is 0.512. The number of nitrogens with zero attached hydrogens (tertiary/aromatic N) is 1. The van der Waals surface area contributed by atoms with Crippen LogP contribution in [-0.4, -0.2) is 45.7 Å². The number of carbonyl (C=O) groups excluding carboxylic acids is 1. The molecule has 1 aliphatic heterocycles. The molecule has 0 saturated carbocycles. The average Bonchev–Trinajstić information content (AvgIpc) is 2.77. The minimum atomic E-state index is -1.33. The number of phenols is 1. The average molecular weight is 496 g/mol. The molecule has 0 unspecified atom stereocenters. The van der Waals surface area contributed by atoms with Crippen LogP contribution in [0.15, 0.2) is 36.4 Å². The molecule has 6 nitrogen and oxygen atoms in total. The van der Waals surface area contributed by atoms with E-state index in [1.165, 1.54) is 0 Å². The molecule has 0 spiro atoms. The molecule has 0 radical (unpaired) electrons. The summed E-state index contributed by atoms with van der Waals surface area (Å²) in [6.07, 6.45) is 1.52. The van der Waals surface area contributed by atoms with E-state index in [4.69, 9.17) is 4.74 Å². The molecule has 0 aliphatic carbocycles. The van der Waals surface area contributed by atoms with Gasteiger partial charge in [-0.1, -0.05) is 59.7 Å². The Hall–Kier alpha value is -3.02. The Morgan fingerprint density at radius 1 is 0.889 bits per heavy atom. The summed E-state index contributed by atoms with van der Waals surface area (Å²) in [7, 11) is 0. The van der Waals surface area contributed by atoms with E-state index in [1.807, 2.05) is 82.8 Å². The Balaban J connectivity index is 1.83. The Bertz CT molecular complexity index is 1090. The zero-order valence-electron chi connectivity index (χ0n) is 22.9. The lowest BCUT2D eigenvalue weighted by Gasteiger charge is -2.34. The largest absolute Gasteiger partial charge is 0.507 e. The van der Waals surface area contributed by atoms with Crippen LogP contribution in [0.2, 0.25) is 0 Å². The number of rotatable bonds is 5. The molecule has 36 heavy (non-hydrogen) atoms. The summed E-state index contributed by atoms with van der Waals surface area (Å²) in [4.78, 5) is 27.1. The van der Waals surface area contributed by atoms with Crippen molar-refractivity contribution in [2.45, 2.75) is 90.6 Å². The maximum Gasteiger partial charge on any atom is 0.347 e. The summed E-state index contributed by atoms with van der Waals surface area (Å²) in [5.74, 6) is -0.0224. The van der Waals surface area contributed by atoms with Crippen molar-refractivity contribution in [3.8, 4) is 11.5 Å². The zero-order chi connectivity index (χ0) is 27.1. The Morgan fingerprint density at radius 2 is 1.39 bits per heavy atom. The van der Waals surface area contributed by atoms with Crippen molar-refractivity contribution in [3.05, 3.63) is 58.7 Å². The van der Waals surface area contributed by atoms with Crippen LogP contribution >= 0.6 is 0 Å². The third-order valence-corrected chi connectivity index (χ3v) is 6.99. The molecule has 0 atom stereocenters. The Kier molecular flexibility index (Phi) is 7.50. The summed E-state index contributed by atoms with van der Waals surface area (Å²) < 4.78 is 5.89. The van der Waals surface area contributed by atoms with Crippen LogP contribution in [-0.2, 0) is 15.6 Å². The fraction of sp³-hybridized carbons (Fsp3) is 0.533. The molecular weight excluding hydrogens is 454 g/mol. The summed E-state index contributed by atoms with van der Waals surface area (Å²) in [5, 5.41) is 20.5. The van der Waals surface area contributed by atoms with Crippen LogP contribution in [0.4, 0.5) is 0 Å². The highest BCUT2D eigenvalue weighted by Crippen LogP contribution is 2.41. The lowest BCUT2D eigenvalue weighted by atomic mass is 9.78. The van der Waals surface area contributed by atoms with Crippen LogP contribution in [0.5, 0.6) is 11.5 Å². The number of benzene rings is 2. The molecule has 0 bridgehead atoms. The Morgan fingerprint density at radius 3 is 1.86 bits per heavy atom. The summed E-state index contributed by atoms with van der Waals surface area (Å²) in [6, 6.07) is 11.3. The van der Waals surface area contributed by atoms with Crippen LogP contribution in [0.1, 0.15) is 101 Å². The first kappa shape index (κ1) is 27.6. The van der Waals surface area contributed by atoms with Gasteiger partial charge in [0.1, 0.15) is 11.5 Å². The summed E-state index contributed by atoms with van der Waals surface area (Å²) in [6.45, 7) is 16.5. The second-order valence-corrected chi connectivity index (χ2v) is 12.4. The lowest BCUT2D eigenvalue weighted by molar-refractivity contribution is -0.152. The number of aromatic hydroxyl groups is 1. The number of likely N-dealkylation sites (tertiary alicyclic amines) is 1. The number of phenolic OH excluding ortho intramolecular Hbond substituents is 1. The molecular formula is C30H41NO5. The topological polar surface area (TPSA) is 87.1 Å². The molecule has 2 N–H and O–H groups in total. The molecule has 1 amide bonds. The van der Waals surface area contributed by atoms with Gasteiger partial charge in [0.05, 0.1) is 0 Å². The number of carboxylic acid groups (broad SMARTS) is 1. The zero-order valence-corrected chi connectivity index (χ0v) is 22.9. The van der Waals surface area contributed by atoms with Crippen LogP contribution in [0.25, 0.3) is 0 Å². The molecule has 1 saturated heterocycles. The third kappa shape index (κ3) is 5.85. The molecule has 3 rings (SSSR count). The molecule has 6 heteroatoms. The first-order valence-corrected chi connectivity index (χ1v) is 12.7. The van der Waals surface area contributed by atoms with Gasteiger partial charge in [0.15, 0.2) is 5.60 Å². The number of aliphatic carboxylic acids is 1. The van der Waals surface area contributed by atoms with Crippen molar-refractivity contribution >= 4 is 11.9 Å². The van der Waals surface area contributed by atoms with Crippen LogP contribution in [0.3, 0.4) is 0 Å². The van der Waals surface area contributed by atoms with Gasteiger partial charge < -0.3 is 19.8 Å². The summed E-state index contributed by atoms with van der Waals surface area (Å²) in [5.41, 5.74) is 1.20. The van der Waals surface area contributed by atoms with E-state index < -0.39 is 11.6 Å². The van der Waals surface area contributed by atoms with E-state index in [1.54, 1.807) is 13.8 Å². The fourth-order valence-corrected chi connectivity index (χ4v) is 4.71. The number of piperidine rings is 1. The first-order valence-electron chi connectivity index (χ1n) is 12.7. The number of para-hydroxylation sites is 1. The highest BCUT2D eigenvalue weighted by molar-refractivity contribution is 5.95. The molecule has 2 aromatic rings. The molecule has 0 aromatic heterocycles. The molecule has 2 aromatic carbocycles. The van der Waals surface area contributed by atoms with Crippen molar-refractivity contribution < 1.29 is 24.5 Å². The highest BCUT2D eigenvalue weighted by Gasteiger charge is 2.33. The first-order chi connectivity index (χ1) is 16.5. The molecule has 1 aliphatic rings. The van der Waals surface area contributed by atoms with Gasteiger partial charge in [-0.05, 0) is 67.2 Å². The van der Waals surface area contributed by atoms with Crippen molar-refractivity contribution in [1.29, 1.82) is 0 Å². The van der Waals surface area contributed by atoms with Gasteiger partial charge in [-0.2, -0.15) is 0 Å². The van der Waals surface area contributed by atoms with E-state index in [0.29, 0.717) is 24.4 Å². The minimum absolute atomic E-state index is 0.0269. The number of ether oxygens (including phenoxy) is 1. The van der Waals surface area contributed by atoms with Gasteiger partial charge in [0, 0.05) is 29.8 Å². The number of hydrogen-bond acceptors (Lipinski definition) is 4. The number of amides is 1. The van der Waals surface area contributed by atoms with E-state index >= 15 is 0 Å². The van der Waals surface area contributed by atoms with E-state index in [2.05, 4.69) is 0 Å². The van der Waals surface area contributed by atoms with Gasteiger partial charge in [0.2, 0.25) is 0 Å². The monoisotopic (exact) mass is 495 g/mol. The lowest BCUT2D eigenvalue weighted by Crippen LogP contribution is -2.39. The molecule has 1 fully saturated rings. The molecule has 196 valence electrons. The van der Waals surface area contributed by atoms with Gasteiger partial charge in [-0.15, -0.1) is 0 Å². The second kappa shape index (κ2) is 9.79. The van der Waals surface area contributed by atoms with Crippen molar-refractivity contribution in [1.82, 2.24) is 4.90 Å². The number of hydrogen-bond donors (Lipinski definition) is 2. The van der Waals surface area contributed by atoms with E-state index in [0.717, 1.165) is 29.5 Å². The maximum atomic E-state index is 13.6.